The van der Waals surface area contributed by atoms with Crippen LogP contribution in [0.5, 0.6) is 0 Å². The lowest BCUT2D eigenvalue weighted by Gasteiger charge is -2.56. The van der Waals surface area contributed by atoms with Gasteiger partial charge in [0.2, 0.25) is 15.9 Å². The van der Waals surface area contributed by atoms with Crippen molar-refractivity contribution >= 4 is 21.8 Å². The predicted octanol–water partition coefficient (Wildman–Crippen LogP) is 2.34. The standard InChI is InChI=1S/C24H30N4O4S/c1-17(2)28-22(29)20-10-6-5-9-19(20)21(23(30)26(3)4)24(28)11-14-27(15-12-24)33(31,32)18-8-7-13-25-16-18/h5-10,13,16-17,21H,11-12,14-15H2,1-4H3. The second-order valence-electron chi connectivity index (χ2n) is 9.22. The van der Waals surface area contributed by atoms with E-state index >= 15 is 0 Å². The van der Waals surface area contributed by atoms with Crippen molar-refractivity contribution in [3.05, 3.63) is 59.9 Å². The molecule has 1 aromatic heterocycles. The number of carbonyl (C=O) groups is 2. The SMILES string of the molecule is CC(C)N1C(=O)c2ccccc2C(C(=O)N(C)C)C12CCN(S(=O)(=O)c1cccnc1)CC2. The number of nitrogens with zero attached hydrogens (tertiary/aromatic N) is 4. The van der Waals surface area contributed by atoms with Crippen molar-refractivity contribution in [3.8, 4) is 0 Å². The molecule has 176 valence electrons. The number of rotatable bonds is 4. The van der Waals surface area contributed by atoms with Gasteiger partial charge in [0.25, 0.3) is 5.91 Å². The molecule has 2 aromatic rings. The topological polar surface area (TPSA) is 90.9 Å². The summed E-state index contributed by atoms with van der Waals surface area (Å²) < 4.78 is 27.8. The van der Waals surface area contributed by atoms with E-state index in [2.05, 4.69) is 4.98 Å². The molecule has 2 aliphatic heterocycles. The van der Waals surface area contributed by atoms with Crippen LogP contribution in [0.15, 0.2) is 53.7 Å². The highest BCUT2D eigenvalue weighted by atomic mass is 32.2. The molecule has 0 saturated carbocycles. The van der Waals surface area contributed by atoms with Crippen molar-refractivity contribution in [1.82, 2.24) is 19.1 Å². The van der Waals surface area contributed by atoms with Crippen LogP contribution in [0.2, 0.25) is 0 Å². The molecule has 0 radical (unpaired) electrons. The van der Waals surface area contributed by atoms with Gasteiger partial charge in [-0.1, -0.05) is 18.2 Å². The summed E-state index contributed by atoms with van der Waals surface area (Å²) in [6, 6.07) is 10.3. The number of hydrogen-bond donors (Lipinski definition) is 0. The van der Waals surface area contributed by atoms with Crippen molar-refractivity contribution in [3.63, 3.8) is 0 Å². The molecule has 1 atom stereocenters. The van der Waals surface area contributed by atoms with E-state index in [9.17, 15) is 18.0 Å². The maximum absolute atomic E-state index is 13.6. The second-order valence-corrected chi connectivity index (χ2v) is 11.2. The molecule has 1 fully saturated rings. The fourth-order valence-electron chi connectivity index (χ4n) is 5.37. The Morgan fingerprint density at radius 3 is 2.36 bits per heavy atom. The summed E-state index contributed by atoms with van der Waals surface area (Å²) in [5, 5.41) is 0. The van der Waals surface area contributed by atoms with Crippen LogP contribution < -0.4 is 0 Å². The zero-order chi connectivity index (χ0) is 24.0. The van der Waals surface area contributed by atoms with Crippen LogP contribution in [0.3, 0.4) is 0 Å². The van der Waals surface area contributed by atoms with Gasteiger partial charge < -0.3 is 9.80 Å². The van der Waals surface area contributed by atoms with Crippen molar-refractivity contribution in [1.29, 1.82) is 0 Å². The van der Waals surface area contributed by atoms with Crippen molar-refractivity contribution < 1.29 is 18.0 Å². The minimum Gasteiger partial charge on any atom is -0.348 e. The molecular weight excluding hydrogens is 440 g/mol. The molecule has 4 rings (SSSR count). The molecule has 0 N–H and O–H groups in total. The van der Waals surface area contributed by atoms with Gasteiger partial charge in [-0.05, 0) is 50.5 Å². The normalized spacial score (nSPS) is 20.7. The summed E-state index contributed by atoms with van der Waals surface area (Å²) in [6.45, 7) is 4.33. The fraction of sp³-hybridized carbons (Fsp3) is 0.458. The summed E-state index contributed by atoms with van der Waals surface area (Å²) in [4.78, 5) is 34.7. The van der Waals surface area contributed by atoms with E-state index < -0.39 is 21.5 Å². The molecule has 9 heteroatoms. The number of likely N-dealkylation sites (N-methyl/N-ethyl adjacent to an activating group) is 1. The third-order valence-corrected chi connectivity index (χ3v) is 8.68. The maximum atomic E-state index is 13.6. The molecule has 2 amide bonds. The van der Waals surface area contributed by atoms with Gasteiger partial charge in [0.15, 0.2) is 0 Å². The number of hydrogen-bond acceptors (Lipinski definition) is 5. The summed E-state index contributed by atoms with van der Waals surface area (Å²) in [5.41, 5.74) is 0.464. The molecule has 33 heavy (non-hydrogen) atoms. The van der Waals surface area contributed by atoms with Crippen LogP contribution in [0, 0.1) is 0 Å². The Balaban J connectivity index is 1.78. The van der Waals surface area contributed by atoms with E-state index in [0.29, 0.717) is 18.4 Å². The molecule has 0 bridgehead atoms. The number of amides is 2. The number of benzene rings is 1. The Labute approximate surface area is 195 Å². The van der Waals surface area contributed by atoms with Gasteiger partial charge in [-0.3, -0.25) is 14.6 Å². The number of fused-ring (bicyclic) bond motifs is 1. The number of aromatic nitrogens is 1. The first-order chi connectivity index (χ1) is 15.6. The second kappa shape index (κ2) is 8.53. The van der Waals surface area contributed by atoms with Gasteiger partial charge in [0.1, 0.15) is 4.90 Å². The Morgan fingerprint density at radius 2 is 1.79 bits per heavy atom. The minimum absolute atomic E-state index is 0.0795. The Bertz CT molecular complexity index is 1160. The van der Waals surface area contributed by atoms with Crippen LogP contribution in [0.4, 0.5) is 0 Å². The van der Waals surface area contributed by atoms with E-state index in [-0.39, 0.29) is 35.8 Å². The smallest absolute Gasteiger partial charge is 0.254 e. The van der Waals surface area contributed by atoms with Crippen molar-refractivity contribution in [2.75, 3.05) is 27.2 Å². The van der Waals surface area contributed by atoms with Gasteiger partial charge in [0.05, 0.1) is 11.5 Å². The first-order valence-corrected chi connectivity index (χ1v) is 12.6. The predicted molar refractivity (Wildman–Crippen MR) is 124 cm³/mol. The van der Waals surface area contributed by atoms with E-state index in [4.69, 9.17) is 0 Å². The van der Waals surface area contributed by atoms with E-state index in [1.54, 1.807) is 31.1 Å². The first kappa shape index (κ1) is 23.4. The third-order valence-electron chi connectivity index (χ3n) is 6.80. The van der Waals surface area contributed by atoms with E-state index in [0.717, 1.165) is 5.56 Å². The average molecular weight is 471 g/mol. The van der Waals surface area contributed by atoms with Crippen LogP contribution in [0.1, 0.15) is 48.5 Å². The zero-order valence-electron chi connectivity index (χ0n) is 19.4. The quantitative estimate of drug-likeness (QED) is 0.684. The Hall–Kier alpha value is -2.78. The highest BCUT2D eigenvalue weighted by molar-refractivity contribution is 7.89. The molecule has 1 aromatic carbocycles. The zero-order valence-corrected chi connectivity index (χ0v) is 20.2. The molecule has 0 aliphatic carbocycles. The minimum atomic E-state index is -3.71. The fourth-order valence-corrected chi connectivity index (χ4v) is 6.77. The van der Waals surface area contributed by atoms with Crippen LogP contribution >= 0.6 is 0 Å². The van der Waals surface area contributed by atoms with Crippen LogP contribution in [-0.2, 0) is 14.8 Å². The molecular formula is C24H30N4O4S. The highest BCUT2D eigenvalue weighted by Crippen LogP contribution is 2.49. The molecule has 3 heterocycles. The highest BCUT2D eigenvalue weighted by Gasteiger charge is 2.57. The first-order valence-electron chi connectivity index (χ1n) is 11.1. The number of piperidine rings is 1. The average Bonchev–Trinajstić information content (AvgIpc) is 2.79. The third kappa shape index (κ3) is 3.73. The monoisotopic (exact) mass is 470 g/mol. The van der Waals surface area contributed by atoms with Crippen molar-refractivity contribution in [2.45, 2.75) is 49.1 Å². The summed E-state index contributed by atoms with van der Waals surface area (Å²) >= 11 is 0. The maximum Gasteiger partial charge on any atom is 0.254 e. The lowest BCUT2D eigenvalue weighted by molar-refractivity contribution is -0.136. The number of pyridine rings is 1. The summed E-state index contributed by atoms with van der Waals surface area (Å²) in [6.07, 6.45) is 3.62. The van der Waals surface area contributed by atoms with Crippen LogP contribution in [-0.4, -0.2) is 78.1 Å². The van der Waals surface area contributed by atoms with Gasteiger partial charge >= 0.3 is 0 Å². The van der Waals surface area contributed by atoms with Crippen molar-refractivity contribution in [2.24, 2.45) is 0 Å². The number of carbonyl (C=O) groups excluding carboxylic acids is 2. The molecule has 2 aliphatic rings. The summed E-state index contributed by atoms with van der Waals surface area (Å²) in [7, 11) is -0.273. The van der Waals surface area contributed by atoms with E-state index in [1.165, 1.54) is 22.8 Å². The van der Waals surface area contributed by atoms with Gasteiger partial charge in [0, 0.05) is 51.2 Å². The lowest BCUT2D eigenvalue weighted by Crippen LogP contribution is -2.67. The summed E-state index contributed by atoms with van der Waals surface area (Å²) in [5.74, 6) is -0.747. The molecule has 1 saturated heterocycles. The number of sulfonamides is 1. The Kier molecular flexibility index (Phi) is 6.05. The Morgan fingerprint density at radius 1 is 1.12 bits per heavy atom. The van der Waals surface area contributed by atoms with E-state index in [1.807, 2.05) is 36.9 Å². The molecule has 8 nitrogen and oxygen atoms in total. The van der Waals surface area contributed by atoms with Crippen LogP contribution in [0.25, 0.3) is 0 Å². The largest absolute Gasteiger partial charge is 0.348 e. The van der Waals surface area contributed by atoms with Gasteiger partial charge in [-0.25, -0.2) is 8.42 Å². The van der Waals surface area contributed by atoms with Gasteiger partial charge in [-0.2, -0.15) is 4.31 Å². The molecule has 1 unspecified atom stereocenters. The lowest BCUT2D eigenvalue weighted by atomic mass is 9.67. The molecule has 1 spiro atoms. The van der Waals surface area contributed by atoms with Gasteiger partial charge in [-0.15, -0.1) is 0 Å².